The number of aliphatic imine (C=N–C) groups is 1. The molecule has 0 bridgehead atoms. The van der Waals surface area contributed by atoms with E-state index < -0.39 is 0 Å². The number of ether oxygens (including phenoxy) is 2. The molecular formula is C21H41IN4O2. The maximum Gasteiger partial charge on any atom is 0.193 e. The monoisotopic (exact) mass is 508 g/mol. The molecule has 3 saturated heterocycles. The average Bonchev–Trinajstić information content (AvgIpc) is 3.21. The van der Waals surface area contributed by atoms with Gasteiger partial charge in [-0.1, -0.05) is 20.8 Å². The Morgan fingerprint density at radius 1 is 1.07 bits per heavy atom. The number of piperidine rings is 1. The number of hydrogen-bond donors (Lipinski definition) is 1. The Kier molecular flexibility index (Phi) is 10.3. The average molecular weight is 508 g/mol. The summed E-state index contributed by atoms with van der Waals surface area (Å²) in [5.74, 6) is 2.52. The number of hydrogen-bond acceptors (Lipinski definition) is 4. The highest BCUT2D eigenvalue weighted by atomic mass is 127. The van der Waals surface area contributed by atoms with Crippen LogP contribution in [0.5, 0.6) is 0 Å². The molecule has 0 aromatic carbocycles. The van der Waals surface area contributed by atoms with Gasteiger partial charge in [-0.2, -0.15) is 0 Å². The van der Waals surface area contributed by atoms with Gasteiger partial charge in [0, 0.05) is 39.3 Å². The lowest BCUT2D eigenvalue weighted by atomic mass is 9.94. The third-order valence-corrected chi connectivity index (χ3v) is 6.51. The predicted molar refractivity (Wildman–Crippen MR) is 126 cm³/mol. The van der Waals surface area contributed by atoms with Crippen LogP contribution in [-0.2, 0) is 9.47 Å². The van der Waals surface area contributed by atoms with Crippen molar-refractivity contribution in [2.75, 3.05) is 53.0 Å². The maximum absolute atomic E-state index is 6.00. The molecule has 0 radical (unpaired) electrons. The first-order valence-corrected chi connectivity index (χ1v) is 11.0. The molecule has 3 aliphatic rings. The minimum atomic E-state index is 0. The van der Waals surface area contributed by atoms with Crippen LogP contribution in [0.15, 0.2) is 4.99 Å². The molecule has 0 saturated carbocycles. The molecule has 3 unspecified atom stereocenters. The van der Waals surface area contributed by atoms with Crippen molar-refractivity contribution >= 4 is 29.9 Å². The summed E-state index contributed by atoms with van der Waals surface area (Å²) in [4.78, 5) is 9.61. The SMILES string of the molecule is CN=C(NCC(C(C)C)N1CCC(C)CC1)N1CCOC(C2CCCO2)C1.I. The number of nitrogens with zero attached hydrogens (tertiary/aromatic N) is 3. The van der Waals surface area contributed by atoms with E-state index in [2.05, 4.69) is 40.9 Å². The Hall–Kier alpha value is -0.120. The third-order valence-electron chi connectivity index (χ3n) is 6.51. The van der Waals surface area contributed by atoms with Crippen molar-refractivity contribution in [3.8, 4) is 0 Å². The molecule has 3 heterocycles. The number of nitrogens with one attached hydrogen (secondary N) is 1. The van der Waals surface area contributed by atoms with E-state index in [1.54, 1.807) is 0 Å². The summed E-state index contributed by atoms with van der Waals surface area (Å²) < 4.78 is 11.9. The molecule has 6 nitrogen and oxygen atoms in total. The van der Waals surface area contributed by atoms with Crippen molar-refractivity contribution in [2.24, 2.45) is 16.8 Å². The van der Waals surface area contributed by atoms with Crippen LogP contribution in [0.25, 0.3) is 0 Å². The molecule has 3 aliphatic heterocycles. The second kappa shape index (κ2) is 11.9. The number of likely N-dealkylation sites (tertiary alicyclic amines) is 1. The van der Waals surface area contributed by atoms with Crippen molar-refractivity contribution in [1.82, 2.24) is 15.1 Å². The van der Waals surface area contributed by atoms with Gasteiger partial charge in [-0.15, -0.1) is 24.0 Å². The molecule has 0 aromatic rings. The largest absolute Gasteiger partial charge is 0.375 e. The van der Waals surface area contributed by atoms with Gasteiger partial charge in [-0.3, -0.25) is 9.89 Å². The summed E-state index contributed by atoms with van der Waals surface area (Å²) in [5, 5.41) is 3.68. The standard InChI is InChI=1S/C21H40N4O2.HI/c1-16(2)18(24-9-7-17(3)8-10-24)14-23-21(22-4)25-11-13-27-20(15-25)19-6-5-12-26-19;/h16-20H,5-15H2,1-4H3,(H,22,23);1H. The van der Waals surface area contributed by atoms with E-state index >= 15 is 0 Å². The Morgan fingerprint density at radius 3 is 2.39 bits per heavy atom. The van der Waals surface area contributed by atoms with Crippen LogP contribution in [0.3, 0.4) is 0 Å². The smallest absolute Gasteiger partial charge is 0.193 e. The quantitative estimate of drug-likeness (QED) is 0.352. The first kappa shape index (κ1) is 24.2. The van der Waals surface area contributed by atoms with Gasteiger partial charge < -0.3 is 19.7 Å². The highest BCUT2D eigenvalue weighted by molar-refractivity contribution is 14.0. The molecule has 0 aromatic heterocycles. The molecular weight excluding hydrogens is 467 g/mol. The van der Waals surface area contributed by atoms with Crippen LogP contribution in [0.2, 0.25) is 0 Å². The summed E-state index contributed by atoms with van der Waals surface area (Å²) in [6, 6.07) is 0.559. The molecule has 3 atom stereocenters. The number of rotatable bonds is 5. The van der Waals surface area contributed by atoms with Gasteiger partial charge in [0.15, 0.2) is 5.96 Å². The highest BCUT2D eigenvalue weighted by Gasteiger charge is 2.33. The first-order valence-electron chi connectivity index (χ1n) is 11.0. The first-order chi connectivity index (χ1) is 13.1. The predicted octanol–water partition coefficient (Wildman–Crippen LogP) is 2.82. The number of morpholine rings is 1. The zero-order valence-electron chi connectivity index (χ0n) is 18.2. The third kappa shape index (κ3) is 6.44. The van der Waals surface area contributed by atoms with E-state index in [4.69, 9.17) is 9.47 Å². The summed E-state index contributed by atoms with van der Waals surface area (Å²) >= 11 is 0. The summed E-state index contributed by atoms with van der Waals surface area (Å²) in [7, 11) is 1.89. The maximum atomic E-state index is 6.00. The Labute approximate surface area is 188 Å². The van der Waals surface area contributed by atoms with Gasteiger partial charge in [0.05, 0.1) is 12.7 Å². The molecule has 7 heteroatoms. The van der Waals surface area contributed by atoms with Crippen LogP contribution >= 0.6 is 24.0 Å². The normalized spacial score (nSPS) is 29.0. The number of halogens is 1. The van der Waals surface area contributed by atoms with E-state index in [-0.39, 0.29) is 36.2 Å². The van der Waals surface area contributed by atoms with E-state index in [9.17, 15) is 0 Å². The van der Waals surface area contributed by atoms with Crippen molar-refractivity contribution in [2.45, 2.75) is 64.7 Å². The summed E-state index contributed by atoms with van der Waals surface area (Å²) in [6.45, 7) is 13.9. The van der Waals surface area contributed by atoms with Gasteiger partial charge in [-0.05, 0) is 50.6 Å². The molecule has 0 amide bonds. The minimum absolute atomic E-state index is 0. The molecule has 3 rings (SSSR count). The van der Waals surface area contributed by atoms with Crippen LogP contribution in [-0.4, -0.2) is 87.0 Å². The van der Waals surface area contributed by atoms with Crippen LogP contribution in [0.4, 0.5) is 0 Å². The summed E-state index contributed by atoms with van der Waals surface area (Å²) in [5.41, 5.74) is 0. The molecule has 3 fully saturated rings. The second-order valence-electron chi connectivity index (χ2n) is 8.86. The van der Waals surface area contributed by atoms with Gasteiger partial charge in [0.1, 0.15) is 6.10 Å². The number of guanidine groups is 1. The van der Waals surface area contributed by atoms with E-state index in [0.717, 1.165) is 57.6 Å². The van der Waals surface area contributed by atoms with Gasteiger partial charge >= 0.3 is 0 Å². The molecule has 0 spiro atoms. The fourth-order valence-electron chi connectivity index (χ4n) is 4.66. The molecule has 164 valence electrons. The topological polar surface area (TPSA) is 49.3 Å². The summed E-state index contributed by atoms with van der Waals surface area (Å²) in [6.07, 6.45) is 5.35. The van der Waals surface area contributed by atoms with E-state index in [1.807, 2.05) is 7.05 Å². The molecule has 0 aliphatic carbocycles. The van der Waals surface area contributed by atoms with Crippen molar-refractivity contribution in [3.05, 3.63) is 0 Å². The van der Waals surface area contributed by atoms with Crippen LogP contribution in [0, 0.1) is 11.8 Å². The Balaban J connectivity index is 0.00000280. The Bertz CT molecular complexity index is 477. The van der Waals surface area contributed by atoms with Gasteiger partial charge in [-0.25, -0.2) is 0 Å². The van der Waals surface area contributed by atoms with Crippen molar-refractivity contribution in [1.29, 1.82) is 0 Å². The molecule has 28 heavy (non-hydrogen) atoms. The van der Waals surface area contributed by atoms with Gasteiger partial charge in [0.25, 0.3) is 0 Å². The van der Waals surface area contributed by atoms with E-state index in [0.29, 0.717) is 12.0 Å². The van der Waals surface area contributed by atoms with Crippen LogP contribution < -0.4 is 5.32 Å². The minimum Gasteiger partial charge on any atom is -0.375 e. The Morgan fingerprint density at radius 2 is 1.79 bits per heavy atom. The second-order valence-corrected chi connectivity index (χ2v) is 8.86. The lowest BCUT2D eigenvalue weighted by Gasteiger charge is -2.40. The molecule has 1 N–H and O–H groups in total. The lowest BCUT2D eigenvalue weighted by molar-refractivity contribution is -0.0817. The van der Waals surface area contributed by atoms with Crippen LogP contribution in [0.1, 0.15) is 46.5 Å². The highest BCUT2D eigenvalue weighted by Crippen LogP contribution is 2.22. The van der Waals surface area contributed by atoms with E-state index in [1.165, 1.54) is 25.9 Å². The zero-order valence-corrected chi connectivity index (χ0v) is 20.6. The fourth-order valence-corrected chi connectivity index (χ4v) is 4.66. The van der Waals surface area contributed by atoms with Crippen molar-refractivity contribution < 1.29 is 9.47 Å². The van der Waals surface area contributed by atoms with Crippen molar-refractivity contribution in [3.63, 3.8) is 0 Å². The fraction of sp³-hybridized carbons (Fsp3) is 0.952. The lowest BCUT2D eigenvalue weighted by Crippen LogP contribution is -2.56. The van der Waals surface area contributed by atoms with Gasteiger partial charge in [0.2, 0.25) is 0 Å². The zero-order chi connectivity index (χ0) is 19.2.